The van der Waals surface area contributed by atoms with E-state index < -0.39 is 0 Å². The zero-order valence-electron chi connectivity index (χ0n) is 14.4. The summed E-state index contributed by atoms with van der Waals surface area (Å²) < 4.78 is 2.06. The van der Waals surface area contributed by atoms with Crippen molar-refractivity contribution in [3.05, 3.63) is 65.6 Å². The van der Waals surface area contributed by atoms with Gasteiger partial charge in [0, 0.05) is 24.0 Å². The summed E-state index contributed by atoms with van der Waals surface area (Å²) in [4.78, 5) is 16.8. The standard InChI is InChI=1S/C20H23N3O/c1-14(2)16-7-9-17(10-8-16)22-20(24)12-11-18-15(3)21-19-6-4-5-13-23(18)19/h4-10,13-14H,11-12H2,1-3H3,(H,22,24). The highest BCUT2D eigenvalue weighted by atomic mass is 16.1. The molecule has 0 aliphatic carbocycles. The quantitative estimate of drug-likeness (QED) is 0.760. The minimum Gasteiger partial charge on any atom is -0.326 e. The smallest absolute Gasteiger partial charge is 0.224 e. The molecule has 24 heavy (non-hydrogen) atoms. The SMILES string of the molecule is Cc1nc2ccccn2c1CCC(=O)Nc1ccc(C(C)C)cc1. The highest BCUT2D eigenvalue weighted by Gasteiger charge is 2.10. The molecule has 4 heteroatoms. The monoisotopic (exact) mass is 321 g/mol. The predicted octanol–water partition coefficient (Wildman–Crippen LogP) is 4.34. The third-order valence-electron chi connectivity index (χ3n) is 4.28. The van der Waals surface area contributed by atoms with Crippen molar-refractivity contribution in [1.29, 1.82) is 0 Å². The van der Waals surface area contributed by atoms with Gasteiger partial charge in [0.1, 0.15) is 5.65 Å². The van der Waals surface area contributed by atoms with Gasteiger partial charge in [-0.3, -0.25) is 4.79 Å². The summed E-state index contributed by atoms with van der Waals surface area (Å²) in [6.07, 6.45) is 3.11. The maximum absolute atomic E-state index is 12.2. The number of pyridine rings is 1. The molecule has 4 nitrogen and oxygen atoms in total. The molecule has 0 saturated carbocycles. The average Bonchev–Trinajstić information content (AvgIpc) is 2.88. The number of carbonyl (C=O) groups excluding carboxylic acids is 1. The van der Waals surface area contributed by atoms with Crippen LogP contribution in [0, 0.1) is 6.92 Å². The normalized spacial score (nSPS) is 11.2. The number of aryl methyl sites for hydroxylation is 2. The fraction of sp³-hybridized carbons (Fsp3) is 0.300. The third-order valence-corrected chi connectivity index (χ3v) is 4.28. The van der Waals surface area contributed by atoms with Crippen molar-refractivity contribution >= 4 is 17.2 Å². The van der Waals surface area contributed by atoms with E-state index in [1.807, 2.05) is 43.5 Å². The zero-order chi connectivity index (χ0) is 17.1. The summed E-state index contributed by atoms with van der Waals surface area (Å²) in [7, 11) is 0. The lowest BCUT2D eigenvalue weighted by molar-refractivity contribution is -0.116. The Morgan fingerprint density at radius 3 is 2.62 bits per heavy atom. The van der Waals surface area contributed by atoms with Gasteiger partial charge in [0.15, 0.2) is 0 Å². The molecular formula is C20H23N3O. The van der Waals surface area contributed by atoms with Gasteiger partial charge in [-0.15, -0.1) is 0 Å². The number of nitrogens with zero attached hydrogens (tertiary/aromatic N) is 2. The number of anilines is 1. The molecule has 0 unspecified atom stereocenters. The summed E-state index contributed by atoms with van der Waals surface area (Å²) in [5, 5.41) is 2.97. The summed E-state index contributed by atoms with van der Waals surface area (Å²) in [6, 6.07) is 14.0. The van der Waals surface area contributed by atoms with Crippen LogP contribution in [0.1, 0.15) is 43.1 Å². The van der Waals surface area contributed by atoms with Gasteiger partial charge in [0.25, 0.3) is 0 Å². The molecular weight excluding hydrogens is 298 g/mol. The van der Waals surface area contributed by atoms with Gasteiger partial charge in [-0.05, 0) is 49.1 Å². The molecule has 0 aliphatic rings. The third kappa shape index (κ3) is 3.48. The van der Waals surface area contributed by atoms with Crippen LogP contribution in [0.2, 0.25) is 0 Å². The van der Waals surface area contributed by atoms with Crippen molar-refractivity contribution in [1.82, 2.24) is 9.38 Å². The first-order valence-electron chi connectivity index (χ1n) is 8.37. The second-order valence-corrected chi connectivity index (χ2v) is 6.40. The fourth-order valence-electron chi connectivity index (χ4n) is 2.87. The summed E-state index contributed by atoms with van der Waals surface area (Å²) in [5.74, 6) is 0.519. The molecule has 2 heterocycles. The van der Waals surface area contributed by atoms with E-state index >= 15 is 0 Å². The maximum Gasteiger partial charge on any atom is 0.224 e. The number of hydrogen-bond donors (Lipinski definition) is 1. The minimum absolute atomic E-state index is 0.0255. The van der Waals surface area contributed by atoms with E-state index in [9.17, 15) is 4.79 Å². The molecule has 1 N–H and O–H groups in total. The Kier molecular flexibility index (Phi) is 4.65. The summed E-state index contributed by atoms with van der Waals surface area (Å²) in [6.45, 7) is 6.31. The van der Waals surface area contributed by atoms with Crippen LogP contribution in [0.25, 0.3) is 5.65 Å². The maximum atomic E-state index is 12.2. The Labute approximate surface area is 142 Å². The van der Waals surface area contributed by atoms with E-state index in [0.29, 0.717) is 18.8 Å². The molecule has 0 atom stereocenters. The van der Waals surface area contributed by atoms with Crippen LogP contribution >= 0.6 is 0 Å². The summed E-state index contributed by atoms with van der Waals surface area (Å²) >= 11 is 0. The van der Waals surface area contributed by atoms with Gasteiger partial charge in [-0.1, -0.05) is 32.0 Å². The Balaban J connectivity index is 1.63. The Bertz CT molecular complexity index is 847. The largest absolute Gasteiger partial charge is 0.326 e. The molecule has 124 valence electrons. The molecule has 0 bridgehead atoms. The first kappa shape index (κ1) is 16.2. The topological polar surface area (TPSA) is 46.4 Å². The number of nitrogens with one attached hydrogen (secondary N) is 1. The molecule has 2 aromatic heterocycles. The van der Waals surface area contributed by atoms with Crippen molar-refractivity contribution in [2.45, 2.75) is 39.5 Å². The molecule has 0 spiro atoms. The van der Waals surface area contributed by atoms with E-state index in [0.717, 1.165) is 22.7 Å². The van der Waals surface area contributed by atoms with Gasteiger partial charge in [0.2, 0.25) is 5.91 Å². The molecule has 3 aromatic rings. The number of rotatable bonds is 5. The van der Waals surface area contributed by atoms with Crippen molar-refractivity contribution in [3.63, 3.8) is 0 Å². The van der Waals surface area contributed by atoms with Crippen molar-refractivity contribution < 1.29 is 4.79 Å². The van der Waals surface area contributed by atoms with Gasteiger partial charge in [0.05, 0.1) is 5.69 Å². The lowest BCUT2D eigenvalue weighted by Crippen LogP contribution is -2.13. The van der Waals surface area contributed by atoms with E-state index in [2.05, 4.69) is 40.7 Å². The number of hydrogen-bond acceptors (Lipinski definition) is 2. The van der Waals surface area contributed by atoms with Crippen LogP contribution in [0.15, 0.2) is 48.7 Å². The van der Waals surface area contributed by atoms with Crippen molar-refractivity contribution in [2.75, 3.05) is 5.32 Å². The van der Waals surface area contributed by atoms with Crippen LogP contribution in [0.4, 0.5) is 5.69 Å². The highest BCUT2D eigenvalue weighted by Crippen LogP contribution is 2.18. The van der Waals surface area contributed by atoms with Crippen LogP contribution in [-0.4, -0.2) is 15.3 Å². The van der Waals surface area contributed by atoms with Gasteiger partial charge >= 0.3 is 0 Å². The van der Waals surface area contributed by atoms with Crippen LogP contribution < -0.4 is 5.32 Å². The molecule has 3 rings (SSSR count). The van der Waals surface area contributed by atoms with Crippen molar-refractivity contribution in [2.24, 2.45) is 0 Å². The van der Waals surface area contributed by atoms with Crippen molar-refractivity contribution in [3.8, 4) is 0 Å². The van der Waals surface area contributed by atoms with Crippen LogP contribution in [0.3, 0.4) is 0 Å². The number of amides is 1. The van der Waals surface area contributed by atoms with Gasteiger partial charge in [-0.2, -0.15) is 0 Å². The summed E-state index contributed by atoms with van der Waals surface area (Å²) in [5.41, 5.74) is 5.12. The second-order valence-electron chi connectivity index (χ2n) is 6.40. The lowest BCUT2D eigenvalue weighted by Gasteiger charge is -2.09. The predicted molar refractivity (Wildman–Crippen MR) is 97.4 cm³/mol. The molecule has 0 fully saturated rings. The average molecular weight is 321 g/mol. The van der Waals surface area contributed by atoms with Crippen LogP contribution in [0.5, 0.6) is 0 Å². The molecule has 0 aliphatic heterocycles. The highest BCUT2D eigenvalue weighted by molar-refractivity contribution is 5.90. The second kappa shape index (κ2) is 6.87. The van der Waals surface area contributed by atoms with Crippen LogP contribution in [-0.2, 0) is 11.2 Å². The lowest BCUT2D eigenvalue weighted by atomic mass is 10.0. The number of fused-ring (bicyclic) bond motifs is 1. The molecule has 1 aromatic carbocycles. The molecule has 1 amide bonds. The van der Waals surface area contributed by atoms with E-state index in [1.54, 1.807) is 0 Å². The number of carbonyl (C=O) groups is 1. The Morgan fingerprint density at radius 1 is 1.17 bits per heavy atom. The Hall–Kier alpha value is -2.62. The van der Waals surface area contributed by atoms with E-state index in [-0.39, 0.29) is 5.91 Å². The number of benzene rings is 1. The molecule has 0 saturated heterocycles. The van der Waals surface area contributed by atoms with Gasteiger partial charge in [-0.25, -0.2) is 4.98 Å². The molecule has 0 radical (unpaired) electrons. The van der Waals surface area contributed by atoms with E-state index in [1.165, 1.54) is 5.56 Å². The minimum atomic E-state index is 0.0255. The number of imidazole rings is 1. The first-order chi connectivity index (χ1) is 11.5. The number of aromatic nitrogens is 2. The zero-order valence-corrected chi connectivity index (χ0v) is 14.4. The first-order valence-corrected chi connectivity index (χ1v) is 8.37. The Morgan fingerprint density at radius 2 is 1.92 bits per heavy atom. The van der Waals surface area contributed by atoms with Gasteiger partial charge < -0.3 is 9.72 Å². The van der Waals surface area contributed by atoms with E-state index in [4.69, 9.17) is 0 Å². The fourth-order valence-corrected chi connectivity index (χ4v) is 2.87.